The zero-order valence-electron chi connectivity index (χ0n) is 29.5. The lowest BCUT2D eigenvalue weighted by molar-refractivity contribution is -0.177. The molecule has 50 heavy (non-hydrogen) atoms. The quantitative estimate of drug-likeness (QED) is 0.291. The fraction of sp³-hybridized carbons (Fsp3) is 0.641. The number of rotatable bonds is 8. The number of nitrogens with one attached hydrogen (secondary N) is 1. The molecule has 7 rings (SSSR count). The summed E-state index contributed by atoms with van der Waals surface area (Å²) in [6, 6.07) is 5.51. The molecule has 10 atom stereocenters. The van der Waals surface area contributed by atoms with Crippen LogP contribution in [0.5, 0.6) is 0 Å². The van der Waals surface area contributed by atoms with Gasteiger partial charge in [0.1, 0.15) is 29.3 Å². The number of esters is 1. The van der Waals surface area contributed by atoms with Gasteiger partial charge in [-0.3, -0.25) is 24.0 Å². The molecule has 0 bridgehead atoms. The number of hydrogen-bond acceptors (Lipinski definition) is 8. The second-order valence-electron chi connectivity index (χ2n) is 16.7. The third-order valence-electron chi connectivity index (χ3n) is 13.4. The predicted molar refractivity (Wildman–Crippen MR) is 186 cm³/mol. The van der Waals surface area contributed by atoms with Crippen LogP contribution in [-0.2, 0) is 46.3 Å². The number of carbonyl (C=O) groups is 6. The molecule has 0 radical (unpaired) electrons. The van der Waals surface area contributed by atoms with E-state index in [1.165, 1.54) is 22.2 Å². The zero-order chi connectivity index (χ0) is 35.9. The van der Waals surface area contributed by atoms with Gasteiger partial charge in [-0.05, 0) is 99.2 Å². The van der Waals surface area contributed by atoms with E-state index in [1.807, 2.05) is 18.2 Å². The number of benzene rings is 1. The fourth-order valence-corrected chi connectivity index (χ4v) is 12.8. The number of thioether (sulfide) groups is 1. The van der Waals surface area contributed by atoms with E-state index < -0.39 is 28.2 Å². The number of carboxylic acids is 1. The lowest BCUT2D eigenvalue weighted by Crippen LogP contribution is -2.70. The van der Waals surface area contributed by atoms with Crippen LogP contribution < -0.4 is 5.32 Å². The molecule has 268 valence electrons. The first-order chi connectivity index (χ1) is 23.5. The van der Waals surface area contributed by atoms with Gasteiger partial charge in [-0.1, -0.05) is 43.7 Å². The number of fused-ring (bicyclic) bond motifs is 6. The first-order valence-corrected chi connectivity index (χ1v) is 19.0. The number of hydrogen-bond donors (Lipinski definition) is 2. The number of ketones is 2. The summed E-state index contributed by atoms with van der Waals surface area (Å²) in [5.74, 6) is -0.916. The van der Waals surface area contributed by atoms with Gasteiger partial charge in [0.25, 0.3) is 0 Å². The average molecular weight is 705 g/mol. The maximum absolute atomic E-state index is 13.6. The topological polar surface area (TPSA) is 147 Å². The van der Waals surface area contributed by atoms with E-state index in [0.717, 1.165) is 43.2 Å². The Balaban J connectivity index is 1.01. The van der Waals surface area contributed by atoms with Crippen LogP contribution in [0, 0.1) is 34.5 Å². The minimum absolute atomic E-state index is 0.0381. The Hall–Kier alpha value is -3.47. The molecule has 2 N–H and O–H groups in total. The molecule has 11 heteroatoms. The number of amides is 2. The molecule has 3 saturated carbocycles. The van der Waals surface area contributed by atoms with Crippen molar-refractivity contribution in [3.8, 4) is 0 Å². The van der Waals surface area contributed by atoms with Gasteiger partial charge in [-0.15, -0.1) is 11.8 Å². The summed E-state index contributed by atoms with van der Waals surface area (Å²) in [7, 11) is 0. The van der Waals surface area contributed by atoms with Crippen molar-refractivity contribution in [2.45, 2.75) is 121 Å². The molecular formula is C39H48N2O8S. The first-order valence-electron chi connectivity index (χ1n) is 18.1. The summed E-state index contributed by atoms with van der Waals surface area (Å²) in [6.45, 7) is 9.78. The third-order valence-corrected chi connectivity index (χ3v) is 14.9. The Morgan fingerprint density at radius 2 is 1.66 bits per heavy atom. The predicted octanol–water partition coefficient (Wildman–Crippen LogP) is 4.66. The molecule has 2 amide bonds. The molecule has 5 fully saturated rings. The van der Waals surface area contributed by atoms with Gasteiger partial charge in [0.05, 0.1) is 12.8 Å². The van der Waals surface area contributed by atoms with E-state index in [4.69, 9.17) is 4.74 Å². The molecule has 0 spiro atoms. The van der Waals surface area contributed by atoms with Gasteiger partial charge in [-0.25, -0.2) is 4.79 Å². The van der Waals surface area contributed by atoms with Crippen LogP contribution in [0.2, 0.25) is 0 Å². The van der Waals surface area contributed by atoms with Gasteiger partial charge in [0.2, 0.25) is 11.8 Å². The van der Waals surface area contributed by atoms with Crippen LogP contribution in [0.4, 0.5) is 0 Å². The molecule has 2 heterocycles. The maximum Gasteiger partial charge on any atom is 0.327 e. The van der Waals surface area contributed by atoms with E-state index in [1.54, 1.807) is 32.9 Å². The molecule has 2 saturated heterocycles. The Kier molecular flexibility index (Phi) is 8.63. The highest BCUT2D eigenvalue weighted by molar-refractivity contribution is 8.01. The second-order valence-corrected chi connectivity index (χ2v) is 18.5. The summed E-state index contributed by atoms with van der Waals surface area (Å²) < 4.78 is 5.78. The average Bonchev–Trinajstić information content (AvgIpc) is 3.52. The van der Waals surface area contributed by atoms with E-state index in [-0.39, 0.29) is 71.0 Å². The van der Waals surface area contributed by atoms with Crippen molar-refractivity contribution in [1.29, 1.82) is 0 Å². The second kappa shape index (κ2) is 12.3. The highest BCUT2D eigenvalue weighted by atomic mass is 32.2. The van der Waals surface area contributed by atoms with Crippen molar-refractivity contribution in [3.63, 3.8) is 0 Å². The van der Waals surface area contributed by atoms with Crippen molar-refractivity contribution in [2.75, 3.05) is 0 Å². The standard InChI is InChI=1S/C39H48N2O8S/c1-20(42)26-12-13-27-25-11-10-23-18-24(43)14-15-38(23,4)31(25)28(19-39(26,27)5)49-30(45)17-22-8-6-21(7-9-22)16-29(44)40-32-34(46)41-33(36(47)48)37(2,3)50-35(32)41/h6-9,18,25-28,31-33,35H,10-17,19H2,1-5H3,(H,40,44)(H,47,48). The monoisotopic (exact) mass is 704 g/mol. The van der Waals surface area contributed by atoms with E-state index in [2.05, 4.69) is 19.2 Å². The van der Waals surface area contributed by atoms with Crippen LogP contribution in [-0.4, -0.2) is 73.6 Å². The summed E-state index contributed by atoms with van der Waals surface area (Å²) in [4.78, 5) is 77.7. The molecule has 1 aromatic rings. The largest absolute Gasteiger partial charge is 0.480 e. The zero-order valence-corrected chi connectivity index (χ0v) is 30.3. The number of β-lactam (4-membered cyclic amide) rings is 1. The summed E-state index contributed by atoms with van der Waals surface area (Å²) >= 11 is 1.39. The molecule has 10 unspecified atom stereocenters. The van der Waals surface area contributed by atoms with Crippen molar-refractivity contribution < 1.29 is 38.6 Å². The minimum Gasteiger partial charge on any atom is -0.480 e. The van der Waals surface area contributed by atoms with Crippen LogP contribution in [0.1, 0.15) is 90.7 Å². The molecule has 2 aliphatic heterocycles. The summed E-state index contributed by atoms with van der Waals surface area (Å²) in [6.07, 6.45) is 7.23. The highest BCUT2D eigenvalue weighted by Crippen LogP contribution is 2.67. The first kappa shape index (κ1) is 35.0. The Morgan fingerprint density at radius 3 is 2.32 bits per heavy atom. The minimum atomic E-state index is -1.05. The SMILES string of the molecule is CC(=O)C1CCC2C3CCC4=CC(=O)CCC4(C)C3C(OC(=O)Cc3ccc(CC(=O)NC4C(=O)N5C4SC(C)(C)C5C(=O)O)cc3)CC12C. The van der Waals surface area contributed by atoms with Gasteiger partial charge < -0.3 is 20.1 Å². The number of carboxylic acid groups (broad SMARTS) is 1. The van der Waals surface area contributed by atoms with Gasteiger partial charge >= 0.3 is 11.9 Å². The van der Waals surface area contributed by atoms with Gasteiger partial charge in [0, 0.05) is 23.0 Å². The van der Waals surface area contributed by atoms with Gasteiger partial charge in [0.15, 0.2) is 5.78 Å². The van der Waals surface area contributed by atoms with Crippen LogP contribution in [0.15, 0.2) is 35.9 Å². The van der Waals surface area contributed by atoms with Crippen molar-refractivity contribution in [3.05, 3.63) is 47.0 Å². The highest BCUT2D eigenvalue weighted by Gasteiger charge is 2.65. The molecule has 4 aliphatic carbocycles. The Bertz CT molecular complexity index is 1690. The number of aliphatic carboxylic acids is 1. The Morgan fingerprint density at radius 1 is 0.980 bits per heavy atom. The number of Topliss-reactive ketones (excluding diaryl/α,β-unsaturated/α-hetero) is 1. The number of nitrogens with zero attached hydrogens (tertiary/aromatic N) is 1. The number of ether oxygens (including phenoxy) is 1. The van der Waals surface area contributed by atoms with E-state index in [0.29, 0.717) is 24.7 Å². The molecule has 10 nitrogen and oxygen atoms in total. The molecular weight excluding hydrogens is 657 g/mol. The van der Waals surface area contributed by atoms with Crippen LogP contribution in [0.25, 0.3) is 0 Å². The maximum atomic E-state index is 13.6. The lowest BCUT2D eigenvalue weighted by Gasteiger charge is -2.60. The third kappa shape index (κ3) is 5.62. The van der Waals surface area contributed by atoms with Crippen molar-refractivity contribution in [1.82, 2.24) is 10.2 Å². The number of allylic oxidation sites excluding steroid dienone is 1. The molecule has 1 aromatic carbocycles. The smallest absolute Gasteiger partial charge is 0.327 e. The molecule has 0 aromatic heterocycles. The summed E-state index contributed by atoms with van der Waals surface area (Å²) in [5.41, 5.74) is 2.22. The number of carbonyl (C=O) groups excluding carboxylic acids is 5. The van der Waals surface area contributed by atoms with Crippen molar-refractivity contribution >= 4 is 47.1 Å². The molecule has 6 aliphatic rings. The van der Waals surface area contributed by atoms with Crippen LogP contribution in [0.3, 0.4) is 0 Å². The Labute approximate surface area is 297 Å². The summed E-state index contributed by atoms with van der Waals surface area (Å²) in [5, 5.41) is 12.0. The fourth-order valence-electron chi connectivity index (χ4n) is 11.1. The lowest BCUT2D eigenvalue weighted by atomic mass is 9.46. The van der Waals surface area contributed by atoms with Gasteiger partial charge in [-0.2, -0.15) is 0 Å². The van der Waals surface area contributed by atoms with E-state index in [9.17, 15) is 33.9 Å². The normalized spacial score (nSPS) is 38.1. The van der Waals surface area contributed by atoms with E-state index >= 15 is 0 Å². The van der Waals surface area contributed by atoms with Crippen LogP contribution >= 0.6 is 11.8 Å². The van der Waals surface area contributed by atoms with Crippen molar-refractivity contribution in [2.24, 2.45) is 34.5 Å².